The number of carbonyl (C=O) groups excluding carboxylic acids is 2. The van der Waals surface area contributed by atoms with Crippen LogP contribution in [-0.2, 0) is 9.59 Å². The van der Waals surface area contributed by atoms with Crippen molar-refractivity contribution in [3.8, 4) is 0 Å². The van der Waals surface area contributed by atoms with Gasteiger partial charge in [0.25, 0.3) is 0 Å². The molecule has 1 unspecified atom stereocenters. The van der Waals surface area contributed by atoms with Gasteiger partial charge in [0.15, 0.2) is 0 Å². The molecule has 0 aromatic rings. The molecule has 5 nitrogen and oxygen atoms in total. The maximum atomic E-state index is 12.9. The fourth-order valence-electron chi connectivity index (χ4n) is 3.25. The molecule has 3 N–H and O–H groups in total. The molecule has 22 heavy (non-hydrogen) atoms. The number of nitrogens with zero attached hydrogens (tertiary/aromatic N) is 1. The summed E-state index contributed by atoms with van der Waals surface area (Å²) in [5.74, 6) is 0.677. The molecule has 1 aliphatic rings. The topological polar surface area (TPSA) is 75.4 Å². The predicted octanol–water partition coefficient (Wildman–Crippen LogP) is 1.91. The lowest BCUT2D eigenvalue weighted by atomic mass is 9.80. The van der Waals surface area contributed by atoms with Crippen molar-refractivity contribution < 1.29 is 9.59 Å². The Morgan fingerprint density at radius 3 is 2.50 bits per heavy atom. The van der Waals surface area contributed by atoms with E-state index in [0.717, 1.165) is 45.2 Å². The summed E-state index contributed by atoms with van der Waals surface area (Å²) in [6.07, 6.45) is 5.10. The van der Waals surface area contributed by atoms with Crippen LogP contribution >= 0.6 is 0 Å². The van der Waals surface area contributed by atoms with Crippen LogP contribution in [0.25, 0.3) is 0 Å². The molecule has 1 rings (SSSR count). The number of piperidine rings is 1. The highest BCUT2D eigenvalue weighted by Gasteiger charge is 2.38. The van der Waals surface area contributed by atoms with Crippen LogP contribution in [0, 0.1) is 11.3 Å². The molecule has 2 amide bonds. The fraction of sp³-hybridized carbons (Fsp3) is 0.882. The highest BCUT2D eigenvalue weighted by Crippen LogP contribution is 2.30. The van der Waals surface area contributed by atoms with Crippen LogP contribution in [0.4, 0.5) is 0 Å². The van der Waals surface area contributed by atoms with Crippen molar-refractivity contribution >= 4 is 11.8 Å². The quantitative estimate of drug-likeness (QED) is 0.719. The van der Waals surface area contributed by atoms with Gasteiger partial charge < -0.3 is 16.0 Å². The maximum Gasteiger partial charge on any atom is 0.230 e. The van der Waals surface area contributed by atoms with Crippen LogP contribution in [0.5, 0.6) is 0 Å². The van der Waals surface area contributed by atoms with Crippen LogP contribution in [0.15, 0.2) is 0 Å². The molecule has 0 saturated carbocycles. The van der Waals surface area contributed by atoms with Gasteiger partial charge in [0.1, 0.15) is 0 Å². The first-order chi connectivity index (χ1) is 10.5. The summed E-state index contributed by atoms with van der Waals surface area (Å²) in [7, 11) is 0. The standard InChI is InChI=1S/C17H33N3O2/c1-4-8-15(21)19-11-14-9-7-10-20(12-14)16(22)17(5-2,6-3)13-18/h14H,4-13,18H2,1-3H3,(H,19,21). The van der Waals surface area contributed by atoms with Gasteiger partial charge in [0, 0.05) is 32.6 Å². The lowest BCUT2D eigenvalue weighted by Gasteiger charge is -2.39. The summed E-state index contributed by atoms with van der Waals surface area (Å²) < 4.78 is 0. The van der Waals surface area contributed by atoms with E-state index >= 15 is 0 Å². The van der Waals surface area contributed by atoms with Crippen molar-refractivity contribution in [1.29, 1.82) is 0 Å². The minimum atomic E-state index is -0.409. The van der Waals surface area contributed by atoms with Gasteiger partial charge in [-0.15, -0.1) is 0 Å². The number of nitrogens with two attached hydrogens (primary N) is 1. The molecule has 0 spiro atoms. The van der Waals surface area contributed by atoms with E-state index in [1.165, 1.54) is 0 Å². The molecule has 0 aromatic carbocycles. The van der Waals surface area contributed by atoms with Crippen LogP contribution in [0.2, 0.25) is 0 Å². The molecule has 0 aliphatic carbocycles. The summed E-state index contributed by atoms with van der Waals surface area (Å²) in [4.78, 5) is 26.4. The van der Waals surface area contributed by atoms with E-state index in [4.69, 9.17) is 5.73 Å². The minimum Gasteiger partial charge on any atom is -0.356 e. The largest absolute Gasteiger partial charge is 0.356 e. The van der Waals surface area contributed by atoms with Crippen molar-refractivity contribution in [3.63, 3.8) is 0 Å². The number of hydrogen-bond acceptors (Lipinski definition) is 3. The Balaban J connectivity index is 2.58. The van der Waals surface area contributed by atoms with Crippen molar-refractivity contribution in [2.45, 2.75) is 59.3 Å². The van der Waals surface area contributed by atoms with E-state index in [-0.39, 0.29) is 11.8 Å². The molecular weight excluding hydrogens is 278 g/mol. The highest BCUT2D eigenvalue weighted by atomic mass is 16.2. The molecule has 0 bridgehead atoms. The molecular formula is C17H33N3O2. The van der Waals surface area contributed by atoms with E-state index in [1.807, 2.05) is 25.7 Å². The number of hydrogen-bond donors (Lipinski definition) is 2. The minimum absolute atomic E-state index is 0.115. The second-order valence-electron chi connectivity index (χ2n) is 6.51. The molecule has 1 fully saturated rings. The molecule has 0 radical (unpaired) electrons. The van der Waals surface area contributed by atoms with Gasteiger partial charge in [-0.1, -0.05) is 20.8 Å². The van der Waals surface area contributed by atoms with Crippen molar-refractivity contribution in [1.82, 2.24) is 10.2 Å². The first-order valence-electron chi connectivity index (χ1n) is 8.79. The van der Waals surface area contributed by atoms with Crippen LogP contribution < -0.4 is 11.1 Å². The van der Waals surface area contributed by atoms with E-state index in [1.54, 1.807) is 0 Å². The lowest BCUT2D eigenvalue weighted by molar-refractivity contribution is -0.144. The fourth-order valence-corrected chi connectivity index (χ4v) is 3.25. The third kappa shape index (κ3) is 4.70. The zero-order valence-electron chi connectivity index (χ0n) is 14.5. The third-order valence-corrected chi connectivity index (χ3v) is 5.07. The third-order valence-electron chi connectivity index (χ3n) is 5.07. The summed E-state index contributed by atoms with van der Waals surface area (Å²) in [6, 6.07) is 0. The molecule has 5 heteroatoms. The highest BCUT2D eigenvalue weighted by molar-refractivity contribution is 5.83. The Labute approximate surface area is 135 Å². The summed E-state index contributed by atoms with van der Waals surface area (Å²) in [5.41, 5.74) is 5.49. The van der Waals surface area contributed by atoms with Crippen molar-refractivity contribution in [2.75, 3.05) is 26.2 Å². The predicted molar refractivity (Wildman–Crippen MR) is 89.3 cm³/mol. The van der Waals surface area contributed by atoms with E-state index < -0.39 is 5.41 Å². The SMILES string of the molecule is CCCC(=O)NCC1CCCN(C(=O)C(CC)(CC)CN)C1. The van der Waals surface area contributed by atoms with Crippen LogP contribution in [-0.4, -0.2) is 42.9 Å². The Kier molecular flexibility index (Phi) is 7.87. The number of nitrogens with one attached hydrogen (secondary N) is 1. The monoisotopic (exact) mass is 311 g/mol. The molecule has 128 valence electrons. The first kappa shape index (κ1) is 18.9. The first-order valence-corrected chi connectivity index (χ1v) is 8.79. The molecule has 1 saturated heterocycles. The number of carbonyl (C=O) groups is 2. The number of rotatable bonds is 8. The molecule has 1 aliphatic heterocycles. The molecule has 0 aromatic heterocycles. The Morgan fingerprint density at radius 1 is 1.27 bits per heavy atom. The number of amides is 2. The normalized spacial score (nSPS) is 19.1. The van der Waals surface area contributed by atoms with Crippen molar-refractivity contribution in [3.05, 3.63) is 0 Å². The van der Waals surface area contributed by atoms with Crippen molar-refractivity contribution in [2.24, 2.45) is 17.1 Å². The van der Waals surface area contributed by atoms with Gasteiger partial charge in [-0.25, -0.2) is 0 Å². The molecule has 1 atom stereocenters. The average molecular weight is 311 g/mol. The van der Waals surface area contributed by atoms with Gasteiger partial charge in [0.2, 0.25) is 11.8 Å². The Morgan fingerprint density at radius 2 is 1.95 bits per heavy atom. The maximum absolute atomic E-state index is 12.9. The average Bonchev–Trinajstić information content (AvgIpc) is 2.55. The summed E-state index contributed by atoms with van der Waals surface area (Å²) >= 11 is 0. The lowest BCUT2D eigenvalue weighted by Crippen LogP contribution is -2.51. The Hall–Kier alpha value is -1.10. The Bertz CT molecular complexity index is 359. The molecule has 1 heterocycles. The van der Waals surface area contributed by atoms with E-state index in [9.17, 15) is 9.59 Å². The van der Waals surface area contributed by atoms with E-state index in [2.05, 4.69) is 5.32 Å². The smallest absolute Gasteiger partial charge is 0.230 e. The van der Waals surface area contributed by atoms with E-state index in [0.29, 0.717) is 25.4 Å². The second-order valence-corrected chi connectivity index (χ2v) is 6.51. The van der Waals surface area contributed by atoms with Gasteiger partial charge in [0.05, 0.1) is 5.41 Å². The van der Waals surface area contributed by atoms with Crippen LogP contribution in [0.3, 0.4) is 0 Å². The van der Waals surface area contributed by atoms with Gasteiger partial charge in [-0.3, -0.25) is 9.59 Å². The zero-order valence-corrected chi connectivity index (χ0v) is 14.5. The van der Waals surface area contributed by atoms with Gasteiger partial charge in [-0.05, 0) is 38.0 Å². The van der Waals surface area contributed by atoms with Gasteiger partial charge in [-0.2, -0.15) is 0 Å². The summed E-state index contributed by atoms with van der Waals surface area (Å²) in [6.45, 7) is 8.74. The zero-order chi connectivity index (χ0) is 16.6. The van der Waals surface area contributed by atoms with Crippen LogP contribution in [0.1, 0.15) is 59.3 Å². The second kappa shape index (κ2) is 9.13. The number of likely N-dealkylation sites (tertiary alicyclic amines) is 1. The summed E-state index contributed by atoms with van der Waals surface area (Å²) in [5, 5.41) is 2.99. The van der Waals surface area contributed by atoms with Gasteiger partial charge >= 0.3 is 0 Å².